The van der Waals surface area contributed by atoms with E-state index < -0.39 is 0 Å². The maximum absolute atomic E-state index is 13.0. The zero-order chi connectivity index (χ0) is 19.1. The van der Waals surface area contributed by atoms with E-state index in [0.29, 0.717) is 6.04 Å². The largest absolute Gasteiger partial charge is 0.342 e. The van der Waals surface area contributed by atoms with Crippen LogP contribution in [0.25, 0.3) is 11.0 Å². The Morgan fingerprint density at radius 2 is 1.86 bits per heavy atom. The molecule has 1 aliphatic heterocycles. The van der Waals surface area contributed by atoms with Gasteiger partial charge in [-0.1, -0.05) is 24.3 Å². The van der Waals surface area contributed by atoms with Gasteiger partial charge in [-0.25, -0.2) is 4.98 Å². The van der Waals surface area contributed by atoms with Gasteiger partial charge in [-0.15, -0.1) is 0 Å². The molecule has 0 bridgehead atoms. The number of benzene rings is 2. The van der Waals surface area contributed by atoms with Crippen molar-refractivity contribution in [2.24, 2.45) is 0 Å². The number of aromatic nitrogens is 2. The second-order valence-corrected chi connectivity index (χ2v) is 8.05. The standard InChI is InChI=1S/C23H26N4O/c1-16-24-21-9-7-19(15-22(21)25-16)23(28)27-12-10-26(11-13-27)20-8-6-17-4-2-3-5-18(17)14-20/h2-5,7,9,15,20H,6,8,10-14H2,1H3,(H,24,25)/t20-/m0/s1. The van der Waals surface area contributed by atoms with Gasteiger partial charge >= 0.3 is 0 Å². The van der Waals surface area contributed by atoms with Crippen LogP contribution in [-0.2, 0) is 12.8 Å². The molecule has 5 rings (SSSR count). The van der Waals surface area contributed by atoms with Crippen molar-refractivity contribution in [2.45, 2.75) is 32.2 Å². The highest BCUT2D eigenvalue weighted by Gasteiger charge is 2.29. The molecule has 5 nitrogen and oxygen atoms in total. The summed E-state index contributed by atoms with van der Waals surface area (Å²) in [7, 11) is 0. The monoisotopic (exact) mass is 374 g/mol. The Hall–Kier alpha value is -2.66. The quantitative estimate of drug-likeness (QED) is 0.750. The van der Waals surface area contributed by atoms with E-state index in [1.165, 1.54) is 24.0 Å². The molecule has 144 valence electrons. The Morgan fingerprint density at radius 1 is 1.07 bits per heavy atom. The summed E-state index contributed by atoms with van der Waals surface area (Å²) in [4.78, 5) is 25.2. The van der Waals surface area contributed by atoms with E-state index in [1.54, 1.807) is 0 Å². The highest BCUT2D eigenvalue weighted by Crippen LogP contribution is 2.25. The predicted octanol–water partition coefficient (Wildman–Crippen LogP) is 3.19. The Labute approximate surface area is 165 Å². The molecule has 0 spiro atoms. The van der Waals surface area contributed by atoms with Gasteiger partial charge in [-0.3, -0.25) is 9.69 Å². The zero-order valence-corrected chi connectivity index (χ0v) is 16.3. The van der Waals surface area contributed by atoms with Gasteiger partial charge in [0.25, 0.3) is 5.91 Å². The van der Waals surface area contributed by atoms with Gasteiger partial charge in [0.05, 0.1) is 11.0 Å². The molecule has 2 heterocycles. The number of imidazole rings is 1. The lowest BCUT2D eigenvalue weighted by Crippen LogP contribution is -2.53. The number of rotatable bonds is 2. The highest BCUT2D eigenvalue weighted by molar-refractivity contribution is 5.97. The van der Waals surface area contributed by atoms with E-state index in [1.807, 2.05) is 30.0 Å². The van der Waals surface area contributed by atoms with Crippen LogP contribution >= 0.6 is 0 Å². The molecule has 1 amide bonds. The number of nitrogens with zero attached hydrogens (tertiary/aromatic N) is 3. The first kappa shape index (κ1) is 17.4. The van der Waals surface area contributed by atoms with Crippen LogP contribution in [0.5, 0.6) is 0 Å². The SMILES string of the molecule is Cc1nc2ccc(C(=O)N3CCN([C@H]4CCc5ccccc5C4)CC3)cc2[nH]1. The molecule has 1 N–H and O–H groups in total. The van der Waals surface area contributed by atoms with Gasteiger partial charge in [0.1, 0.15) is 5.82 Å². The first-order valence-electron chi connectivity index (χ1n) is 10.2. The molecular weight excluding hydrogens is 348 g/mol. The predicted molar refractivity (Wildman–Crippen MR) is 111 cm³/mol. The van der Waals surface area contributed by atoms with Gasteiger partial charge in [0.15, 0.2) is 0 Å². The summed E-state index contributed by atoms with van der Waals surface area (Å²) in [6.07, 6.45) is 3.53. The topological polar surface area (TPSA) is 52.2 Å². The zero-order valence-electron chi connectivity index (χ0n) is 16.3. The number of fused-ring (bicyclic) bond motifs is 2. The minimum Gasteiger partial charge on any atom is -0.342 e. The minimum absolute atomic E-state index is 0.128. The Balaban J connectivity index is 1.23. The number of hydrogen-bond donors (Lipinski definition) is 1. The summed E-state index contributed by atoms with van der Waals surface area (Å²) in [5.41, 5.74) is 5.60. The molecule has 5 heteroatoms. The van der Waals surface area contributed by atoms with Crippen LogP contribution < -0.4 is 0 Å². The lowest BCUT2D eigenvalue weighted by atomic mass is 9.87. The third kappa shape index (κ3) is 3.20. The normalized spacial score (nSPS) is 20.3. The van der Waals surface area contributed by atoms with Crippen molar-refractivity contribution < 1.29 is 4.79 Å². The number of amides is 1. The van der Waals surface area contributed by atoms with Crippen LogP contribution in [0.15, 0.2) is 42.5 Å². The molecular formula is C23H26N4O. The summed E-state index contributed by atoms with van der Waals surface area (Å²) in [6.45, 7) is 5.46. The summed E-state index contributed by atoms with van der Waals surface area (Å²) in [5, 5.41) is 0. The fraction of sp³-hybridized carbons (Fsp3) is 0.391. The average molecular weight is 374 g/mol. The van der Waals surface area contributed by atoms with Gasteiger partial charge in [0, 0.05) is 37.8 Å². The van der Waals surface area contributed by atoms with Crippen LogP contribution in [0.4, 0.5) is 0 Å². The van der Waals surface area contributed by atoms with Gasteiger partial charge < -0.3 is 9.88 Å². The number of hydrogen-bond acceptors (Lipinski definition) is 3. The van der Waals surface area contributed by atoms with E-state index in [-0.39, 0.29) is 5.91 Å². The van der Waals surface area contributed by atoms with Crippen LogP contribution in [0.2, 0.25) is 0 Å². The molecule has 0 saturated carbocycles. The van der Waals surface area contributed by atoms with Crippen molar-refractivity contribution in [3.63, 3.8) is 0 Å². The second-order valence-electron chi connectivity index (χ2n) is 8.05. The fourth-order valence-corrected chi connectivity index (χ4v) is 4.73. The van der Waals surface area contributed by atoms with Crippen LogP contribution in [0.1, 0.15) is 33.7 Å². The summed E-state index contributed by atoms with van der Waals surface area (Å²) in [6, 6.07) is 15.2. The molecule has 0 unspecified atom stereocenters. The van der Waals surface area contributed by atoms with Gasteiger partial charge in [0.2, 0.25) is 0 Å². The maximum atomic E-state index is 13.0. The van der Waals surface area contributed by atoms with Crippen molar-refractivity contribution in [1.29, 1.82) is 0 Å². The highest BCUT2D eigenvalue weighted by atomic mass is 16.2. The molecule has 2 aliphatic rings. The number of nitrogens with one attached hydrogen (secondary N) is 1. The van der Waals surface area contributed by atoms with E-state index >= 15 is 0 Å². The fourth-order valence-electron chi connectivity index (χ4n) is 4.73. The first-order valence-corrected chi connectivity index (χ1v) is 10.2. The van der Waals surface area contributed by atoms with Crippen LogP contribution in [0, 0.1) is 6.92 Å². The third-order valence-corrected chi connectivity index (χ3v) is 6.29. The first-order chi connectivity index (χ1) is 13.7. The summed E-state index contributed by atoms with van der Waals surface area (Å²) in [5.74, 6) is 1.00. The maximum Gasteiger partial charge on any atom is 0.254 e. The van der Waals surface area contributed by atoms with Crippen LogP contribution in [0.3, 0.4) is 0 Å². The van der Waals surface area contributed by atoms with Crippen molar-refractivity contribution >= 4 is 16.9 Å². The molecule has 1 fully saturated rings. The number of piperazine rings is 1. The average Bonchev–Trinajstić information content (AvgIpc) is 3.12. The molecule has 1 aliphatic carbocycles. The van der Waals surface area contributed by atoms with E-state index in [2.05, 4.69) is 39.1 Å². The summed E-state index contributed by atoms with van der Waals surface area (Å²) >= 11 is 0. The van der Waals surface area contributed by atoms with E-state index in [0.717, 1.165) is 55.0 Å². The molecule has 0 radical (unpaired) electrons. The van der Waals surface area contributed by atoms with Crippen LogP contribution in [-0.4, -0.2) is 57.9 Å². The van der Waals surface area contributed by atoms with Crippen molar-refractivity contribution in [3.8, 4) is 0 Å². The Morgan fingerprint density at radius 3 is 2.68 bits per heavy atom. The van der Waals surface area contributed by atoms with E-state index in [9.17, 15) is 4.79 Å². The molecule has 1 saturated heterocycles. The Kier molecular flexibility index (Phi) is 4.40. The lowest BCUT2D eigenvalue weighted by molar-refractivity contribution is 0.0553. The molecule has 1 atom stereocenters. The second kappa shape index (κ2) is 7.06. The van der Waals surface area contributed by atoms with Crippen molar-refractivity contribution in [2.75, 3.05) is 26.2 Å². The lowest BCUT2D eigenvalue weighted by Gasteiger charge is -2.41. The number of H-pyrrole nitrogens is 1. The number of aryl methyl sites for hydroxylation is 2. The molecule has 28 heavy (non-hydrogen) atoms. The summed E-state index contributed by atoms with van der Waals surface area (Å²) < 4.78 is 0. The molecule has 1 aromatic heterocycles. The Bertz CT molecular complexity index is 1020. The minimum atomic E-state index is 0.128. The molecule has 2 aromatic carbocycles. The van der Waals surface area contributed by atoms with Crippen molar-refractivity contribution in [1.82, 2.24) is 19.8 Å². The van der Waals surface area contributed by atoms with Crippen molar-refractivity contribution in [3.05, 3.63) is 65.0 Å². The number of carbonyl (C=O) groups excluding carboxylic acids is 1. The van der Waals surface area contributed by atoms with E-state index in [4.69, 9.17) is 0 Å². The molecule has 3 aromatic rings. The third-order valence-electron chi connectivity index (χ3n) is 6.29. The van der Waals surface area contributed by atoms with Gasteiger partial charge in [-0.2, -0.15) is 0 Å². The van der Waals surface area contributed by atoms with Gasteiger partial charge in [-0.05, 0) is 55.5 Å². The number of aromatic amines is 1. The smallest absolute Gasteiger partial charge is 0.254 e. The number of carbonyl (C=O) groups is 1.